The zero-order chi connectivity index (χ0) is 9.68. The van der Waals surface area contributed by atoms with E-state index in [2.05, 4.69) is 0 Å². The highest BCUT2D eigenvalue weighted by Crippen LogP contribution is 2.25. The largest absolute Gasteiger partial charge is 0.388 e. The van der Waals surface area contributed by atoms with E-state index in [0.717, 1.165) is 25.0 Å². The second-order valence-corrected chi connectivity index (χ2v) is 4.20. The van der Waals surface area contributed by atoms with E-state index >= 15 is 0 Å². The zero-order valence-electron chi connectivity index (χ0n) is 8.12. The second-order valence-electron chi connectivity index (χ2n) is 3.08. The predicted octanol–water partition coefficient (Wildman–Crippen LogP) is 2.52. The lowest BCUT2D eigenvalue weighted by atomic mass is 10.1. The van der Waals surface area contributed by atoms with E-state index in [9.17, 15) is 5.11 Å². The number of ether oxygens (including phenoxy) is 1. The summed E-state index contributed by atoms with van der Waals surface area (Å²) in [6.07, 6.45) is 1.37. The molecule has 0 aromatic carbocycles. The Morgan fingerprint density at radius 1 is 1.62 bits per heavy atom. The van der Waals surface area contributed by atoms with Crippen LogP contribution in [0.3, 0.4) is 0 Å². The van der Waals surface area contributed by atoms with Crippen LogP contribution in [0.5, 0.6) is 0 Å². The molecule has 1 heterocycles. The molecule has 3 heteroatoms. The van der Waals surface area contributed by atoms with Crippen molar-refractivity contribution in [3.63, 3.8) is 0 Å². The molecule has 1 aromatic rings. The van der Waals surface area contributed by atoms with Crippen molar-refractivity contribution in [2.24, 2.45) is 0 Å². The molecule has 1 atom stereocenters. The number of aryl methyl sites for hydroxylation is 1. The fraction of sp³-hybridized carbons (Fsp3) is 0.600. The van der Waals surface area contributed by atoms with Gasteiger partial charge in [-0.1, -0.05) is 0 Å². The van der Waals surface area contributed by atoms with Gasteiger partial charge in [0.2, 0.25) is 0 Å². The molecule has 0 radical (unpaired) electrons. The molecule has 0 bridgehead atoms. The van der Waals surface area contributed by atoms with E-state index in [0.29, 0.717) is 0 Å². The first-order valence-electron chi connectivity index (χ1n) is 4.46. The van der Waals surface area contributed by atoms with Gasteiger partial charge in [0.05, 0.1) is 6.10 Å². The Bertz CT molecular complexity index is 245. The Balaban J connectivity index is 2.39. The number of methoxy groups -OCH3 is 1. The molecule has 0 fully saturated rings. The van der Waals surface area contributed by atoms with E-state index in [1.54, 1.807) is 18.4 Å². The van der Waals surface area contributed by atoms with Crippen LogP contribution in [0.2, 0.25) is 0 Å². The Kier molecular flexibility index (Phi) is 4.42. The molecule has 1 aromatic heterocycles. The molecule has 0 saturated carbocycles. The van der Waals surface area contributed by atoms with Crippen LogP contribution in [0, 0.1) is 6.92 Å². The highest BCUT2D eigenvalue weighted by Gasteiger charge is 2.10. The van der Waals surface area contributed by atoms with Crippen LogP contribution in [0.4, 0.5) is 0 Å². The summed E-state index contributed by atoms with van der Waals surface area (Å²) in [5.41, 5.74) is 1.07. The molecule has 0 aliphatic rings. The zero-order valence-corrected chi connectivity index (χ0v) is 8.93. The SMILES string of the molecule is COCCCC(O)c1ccsc1C. The molecule has 0 aliphatic heterocycles. The standard InChI is InChI=1S/C10H16O2S/c1-8-9(5-7-13-8)10(11)4-3-6-12-2/h5,7,10-11H,3-4,6H2,1-2H3. The molecule has 1 rings (SSSR count). The predicted molar refractivity (Wildman–Crippen MR) is 55.1 cm³/mol. The summed E-state index contributed by atoms with van der Waals surface area (Å²) in [6, 6.07) is 2.00. The van der Waals surface area contributed by atoms with Gasteiger partial charge in [-0.3, -0.25) is 0 Å². The van der Waals surface area contributed by atoms with Crippen molar-refractivity contribution in [3.8, 4) is 0 Å². The molecule has 74 valence electrons. The molecule has 0 spiro atoms. The molecular weight excluding hydrogens is 184 g/mol. The summed E-state index contributed by atoms with van der Waals surface area (Å²) in [7, 11) is 1.68. The summed E-state index contributed by atoms with van der Waals surface area (Å²) >= 11 is 1.68. The molecular formula is C10H16O2S. The number of aliphatic hydroxyl groups excluding tert-OH is 1. The number of thiophene rings is 1. The van der Waals surface area contributed by atoms with E-state index in [-0.39, 0.29) is 6.10 Å². The van der Waals surface area contributed by atoms with Gasteiger partial charge in [0.15, 0.2) is 0 Å². The average molecular weight is 200 g/mol. The van der Waals surface area contributed by atoms with E-state index in [1.807, 2.05) is 18.4 Å². The van der Waals surface area contributed by atoms with Crippen molar-refractivity contribution < 1.29 is 9.84 Å². The minimum atomic E-state index is -0.318. The average Bonchev–Trinajstić information content (AvgIpc) is 2.52. The summed E-state index contributed by atoms with van der Waals surface area (Å²) in [6.45, 7) is 2.76. The van der Waals surface area contributed by atoms with Gasteiger partial charge in [-0.25, -0.2) is 0 Å². The van der Waals surface area contributed by atoms with Crippen molar-refractivity contribution in [3.05, 3.63) is 21.9 Å². The van der Waals surface area contributed by atoms with Gasteiger partial charge in [0, 0.05) is 18.6 Å². The maximum atomic E-state index is 9.77. The first-order chi connectivity index (χ1) is 6.25. The number of aliphatic hydroxyl groups is 1. The number of rotatable bonds is 5. The van der Waals surface area contributed by atoms with Crippen LogP contribution in [-0.4, -0.2) is 18.8 Å². The highest BCUT2D eigenvalue weighted by molar-refractivity contribution is 7.10. The first-order valence-corrected chi connectivity index (χ1v) is 5.34. The van der Waals surface area contributed by atoms with Crippen LogP contribution in [0.15, 0.2) is 11.4 Å². The van der Waals surface area contributed by atoms with Gasteiger partial charge < -0.3 is 9.84 Å². The van der Waals surface area contributed by atoms with Gasteiger partial charge >= 0.3 is 0 Å². The maximum absolute atomic E-state index is 9.77. The summed E-state index contributed by atoms with van der Waals surface area (Å²) in [5.74, 6) is 0. The Morgan fingerprint density at radius 2 is 2.38 bits per heavy atom. The summed E-state index contributed by atoms with van der Waals surface area (Å²) < 4.78 is 4.93. The third-order valence-corrected chi connectivity index (χ3v) is 2.95. The van der Waals surface area contributed by atoms with Crippen LogP contribution in [0.1, 0.15) is 29.4 Å². The molecule has 0 aliphatic carbocycles. The summed E-state index contributed by atoms with van der Waals surface area (Å²) in [4.78, 5) is 1.21. The lowest BCUT2D eigenvalue weighted by molar-refractivity contribution is 0.136. The van der Waals surface area contributed by atoms with E-state index < -0.39 is 0 Å². The van der Waals surface area contributed by atoms with Crippen molar-refractivity contribution >= 4 is 11.3 Å². The van der Waals surface area contributed by atoms with E-state index in [1.165, 1.54) is 4.88 Å². The minimum absolute atomic E-state index is 0.318. The lowest BCUT2D eigenvalue weighted by Crippen LogP contribution is -1.99. The van der Waals surface area contributed by atoms with Crippen LogP contribution in [0.25, 0.3) is 0 Å². The van der Waals surface area contributed by atoms with Crippen LogP contribution >= 0.6 is 11.3 Å². The molecule has 0 saturated heterocycles. The molecule has 0 amide bonds. The Labute approximate surface area is 83.2 Å². The molecule has 13 heavy (non-hydrogen) atoms. The van der Waals surface area contributed by atoms with Gasteiger partial charge in [0.1, 0.15) is 0 Å². The second kappa shape index (κ2) is 5.37. The molecule has 1 N–H and O–H groups in total. The first kappa shape index (κ1) is 10.7. The van der Waals surface area contributed by atoms with Crippen LogP contribution < -0.4 is 0 Å². The normalized spacial score (nSPS) is 13.2. The lowest BCUT2D eigenvalue weighted by Gasteiger charge is -2.09. The fourth-order valence-electron chi connectivity index (χ4n) is 1.32. The third kappa shape index (κ3) is 3.10. The molecule has 1 unspecified atom stereocenters. The molecule has 2 nitrogen and oxygen atoms in total. The van der Waals surface area contributed by atoms with Gasteiger partial charge in [-0.05, 0) is 36.8 Å². The monoisotopic (exact) mass is 200 g/mol. The van der Waals surface area contributed by atoms with Gasteiger partial charge in [-0.15, -0.1) is 11.3 Å². The fourth-order valence-corrected chi connectivity index (χ4v) is 2.08. The maximum Gasteiger partial charge on any atom is 0.0801 e. The topological polar surface area (TPSA) is 29.5 Å². The van der Waals surface area contributed by atoms with Gasteiger partial charge in [0.25, 0.3) is 0 Å². The quantitative estimate of drug-likeness (QED) is 0.740. The van der Waals surface area contributed by atoms with Crippen molar-refractivity contribution in [2.45, 2.75) is 25.9 Å². The van der Waals surface area contributed by atoms with Gasteiger partial charge in [-0.2, -0.15) is 0 Å². The smallest absolute Gasteiger partial charge is 0.0801 e. The minimum Gasteiger partial charge on any atom is -0.388 e. The summed E-state index contributed by atoms with van der Waals surface area (Å²) in [5, 5.41) is 11.8. The number of hydrogen-bond donors (Lipinski definition) is 1. The number of hydrogen-bond acceptors (Lipinski definition) is 3. The van der Waals surface area contributed by atoms with Crippen molar-refractivity contribution in [1.29, 1.82) is 0 Å². The van der Waals surface area contributed by atoms with E-state index in [4.69, 9.17) is 4.74 Å². The van der Waals surface area contributed by atoms with Crippen molar-refractivity contribution in [2.75, 3.05) is 13.7 Å². The third-order valence-electron chi connectivity index (χ3n) is 2.08. The Hall–Kier alpha value is -0.380. The van der Waals surface area contributed by atoms with Crippen LogP contribution in [-0.2, 0) is 4.74 Å². The Morgan fingerprint density at radius 3 is 2.92 bits per heavy atom. The van der Waals surface area contributed by atoms with Crippen molar-refractivity contribution in [1.82, 2.24) is 0 Å². The highest BCUT2D eigenvalue weighted by atomic mass is 32.1.